The third-order valence-electron chi connectivity index (χ3n) is 2.50. The predicted octanol–water partition coefficient (Wildman–Crippen LogP) is 4.06. The summed E-state index contributed by atoms with van der Waals surface area (Å²) in [5.41, 5.74) is 1.73. The molecule has 16 heavy (non-hydrogen) atoms. The fourth-order valence-electron chi connectivity index (χ4n) is 1.76. The number of aldehydes is 1. The largest absolute Gasteiger partial charge is 0.298 e. The lowest BCUT2D eigenvalue weighted by Gasteiger charge is -2.05. The van der Waals surface area contributed by atoms with Crippen LogP contribution in [-0.4, -0.2) is 11.6 Å². The highest BCUT2D eigenvalue weighted by molar-refractivity contribution is 9.09. The molecule has 0 heterocycles. The Kier molecular flexibility index (Phi) is 3.52. The Labute approximate surface area is 103 Å². The summed E-state index contributed by atoms with van der Waals surface area (Å²) in [6.45, 7) is 0. The van der Waals surface area contributed by atoms with Gasteiger partial charge in [-0.15, -0.1) is 0 Å². The fourth-order valence-corrected chi connectivity index (χ4v) is 1.95. The zero-order valence-corrected chi connectivity index (χ0v) is 10.3. The van der Waals surface area contributed by atoms with E-state index >= 15 is 0 Å². The molecule has 2 aromatic carbocycles. The molecule has 0 atom stereocenters. The van der Waals surface area contributed by atoms with Crippen LogP contribution in [0.4, 0.5) is 0 Å². The Balaban J connectivity index is 2.72. The Hall–Kier alpha value is -1.41. The van der Waals surface area contributed by atoms with E-state index in [0.717, 1.165) is 33.5 Å². The molecule has 1 nitrogen and oxygen atoms in total. The van der Waals surface area contributed by atoms with Crippen LogP contribution < -0.4 is 0 Å². The van der Waals surface area contributed by atoms with E-state index in [-0.39, 0.29) is 0 Å². The number of benzene rings is 2. The maximum atomic E-state index is 11.0. The molecule has 0 aliphatic carbocycles. The zero-order valence-electron chi connectivity index (χ0n) is 8.69. The first kappa shape index (κ1) is 11.1. The molecule has 2 aromatic rings. The Morgan fingerprint density at radius 3 is 2.69 bits per heavy atom. The first-order valence-corrected chi connectivity index (χ1v) is 6.18. The maximum Gasteiger partial charge on any atom is 0.150 e. The van der Waals surface area contributed by atoms with Crippen molar-refractivity contribution in [2.75, 3.05) is 5.33 Å². The summed E-state index contributed by atoms with van der Waals surface area (Å²) in [7, 11) is 0. The Morgan fingerprint density at radius 2 is 1.94 bits per heavy atom. The van der Waals surface area contributed by atoms with Crippen LogP contribution in [0.1, 0.15) is 15.9 Å². The van der Waals surface area contributed by atoms with Crippen LogP contribution in [0.2, 0.25) is 0 Å². The van der Waals surface area contributed by atoms with Gasteiger partial charge < -0.3 is 0 Å². The van der Waals surface area contributed by atoms with Gasteiger partial charge in [0.2, 0.25) is 0 Å². The van der Waals surface area contributed by atoms with Crippen molar-refractivity contribution in [3.63, 3.8) is 0 Å². The number of allylic oxidation sites excluding steroid dienone is 1. The molecule has 2 rings (SSSR count). The lowest BCUT2D eigenvalue weighted by atomic mass is 9.99. The molecule has 0 saturated heterocycles. The Bertz CT molecular complexity index is 543. The van der Waals surface area contributed by atoms with Gasteiger partial charge in [0.15, 0.2) is 6.29 Å². The van der Waals surface area contributed by atoms with Crippen molar-refractivity contribution >= 4 is 39.1 Å². The minimum atomic E-state index is 0.732. The van der Waals surface area contributed by atoms with E-state index in [0.29, 0.717) is 0 Å². The summed E-state index contributed by atoms with van der Waals surface area (Å²) in [6, 6.07) is 11.9. The van der Waals surface area contributed by atoms with E-state index in [4.69, 9.17) is 0 Å². The second kappa shape index (κ2) is 5.08. The van der Waals surface area contributed by atoms with E-state index in [1.54, 1.807) is 0 Å². The lowest BCUT2D eigenvalue weighted by Crippen LogP contribution is -1.88. The molecule has 0 spiro atoms. The summed E-state index contributed by atoms with van der Waals surface area (Å²) in [5, 5.41) is 3.06. The number of fused-ring (bicyclic) bond motifs is 1. The molecule has 80 valence electrons. The first-order valence-electron chi connectivity index (χ1n) is 5.06. The molecule has 0 aliphatic heterocycles. The van der Waals surface area contributed by atoms with Crippen LogP contribution in [0.15, 0.2) is 42.5 Å². The van der Waals surface area contributed by atoms with Gasteiger partial charge in [-0.1, -0.05) is 64.5 Å². The van der Waals surface area contributed by atoms with Gasteiger partial charge in [-0.25, -0.2) is 0 Å². The molecule has 2 heteroatoms. The fraction of sp³-hybridized carbons (Fsp3) is 0.0714. The molecule has 0 aromatic heterocycles. The minimum Gasteiger partial charge on any atom is -0.298 e. The highest BCUT2D eigenvalue weighted by Gasteiger charge is 2.03. The smallest absolute Gasteiger partial charge is 0.150 e. The van der Waals surface area contributed by atoms with E-state index < -0.39 is 0 Å². The van der Waals surface area contributed by atoms with Gasteiger partial charge in [0.1, 0.15) is 0 Å². The van der Waals surface area contributed by atoms with Gasteiger partial charge in [-0.05, 0) is 16.3 Å². The predicted molar refractivity (Wildman–Crippen MR) is 72.2 cm³/mol. The molecule has 0 fully saturated rings. The molecule has 0 aliphatic rings. The van der Waals surface area contributed by atoms with Crippen LogP contribution >= 0.6 is 15.9 Å². The zero-order chi connectivity index (χ0) is 11.4. The van der Waals surface area contributed by atoms with Crippen molar-refractivity contribution < 1.29 is 4.79 Å². The quantitative estimate of drug-likeness (QED) is 0.609. The van der Waals surface area contributed by atoms with E-state index in [1.165, 1.54) is 0 Å². The molecular weight excluding hydrogens is 264 g/mol. The molecule has 0 radical (unpaired) electrons. The highest BCUT2D eigenvalue weighted by atomic mass is 79.9. The lowest BCUT2D eigenvalue weighted by molar-refractivity contribution is 0.112. The third-order valence-corrected chi connectivity index (χ3v) is 2.88. The van der Waals surface area contributed by atoms with Crippen molar-refractivity contribution in [3.8, 4) is 0 Å². The average molecular weight is 275 g/mol. The monoisotopic (exact) mass is 274 g/mol. The number of halogens is 1. The number of hydrogen-bond donors (Lipinski definition) is 0. The van der Waals surface area contributed by atoms with Crippen molar-refractivity contribution in [1.82, 2.24) is 0 Å². The second-order valence-electron chi connectivity index (χ2n) is 3.46. The standard InChI is InChI=1S/C14H11BrO/c15-9-3-6-14-12(10-16)8-7-11-4-1-2-5-13(11)14/h1-8,10H,9H2. The van der Waals surface area contributed by atoms with Gasteiger partial charge in [0.25, 0.3) is 0 Å². The summed E-state index contributed by atoms with van der Waals surface area (Å²) >= 11 is 3.34. The summed E-state index contributed by atoms with van der Waals surface area (Å²) in [6.07, 6.45) is 4.88. The molecule has 0 saturated carbocycles. The summed E-state index contributed by atoms with van der Waals surface area (Å²) in [4.78, 5) is 11.0. The van der Waals surface area contributed by atoms with Crippen LogP contribution in [0.25, 0.3) is 16.8 Å². The van der Waals surface area contributed by atoms with Gasteiger partial charge >= 0.3 is 0 Å². The van der Waals surface area contributed by atoms with E-state index in [1.807, 2.05) is 42.5 Å². The van der Waals surface area contributed by atoms with Crippen molar-refractivity contribution in [2.24, 2.45) is 0 Å². The van der Waals surface area contributed by atoms with Gasteiger partial charge in [-0.2, -0.15) is 0 Å². The van der Waals surface area contributed by atoms with Crippen LogP contribution in [-0.2, 0) is 0 Å². The third kappa shape index (κ3) is 2.07. The molecular formula is C14H11BrO. The average Bonchev–Trinajstić information content (AvgIpc) is 2.35. The number of alkyl halides is 1. The molecule has 0 amide bonds. The minimum absolute atomic E-state index is 0.732. The van der Waals surface area contributed by atoms with Gasteiger partial charge in [0, 0.05) is 10.9 Å². The van der Waals surface area contributed by atoms with E-state index in [9.17, 15) is 4.79 Å². The summed E-state index contributed by atoms with van der Waals surface area (Å²) in [5.74, 6) is 0. The normalized spacial score (nSPS) is 11.1. The number of carbonyl (C=O) groups is 1. The maximum absolute atomic E-state index is 11.0. The first-order chi connectivity index (χ1) is 7.86. The van der Waals surface area contributed by atoms with Crippen LogP contribution in [0.5, 0.6) is 0 Å². The highest BCUT2D eigenvalue weighted by Crippen LogP contribution is 2.23. The van der Waals surface area contributed by atoms with Crippen molar-refractivity contribution in [2.45, 2.75) is 0 Å². The SMILES string of the molecule is O=Cc1ccc2ccccc2c1C=CCBr. The molecule has 0 N–H and O–H groups in total. The van der Waals surface area contributed by atoms with Crippen LogP contribution in [0, 0.1) is 0 Å². The molecule has 0 unspecified atom stereocenters. The summed E-state index contributed by atoms with van der Waals surface area (Å²) < 4.78 is 0. The van der Waals surface area contributed by atoms with Crippen LogP contribution in [0.3, 0.4) is 0 Å². The van der Waals surface area contributed by atoms with Crippen molar-refractivity contribution in [3.05, 3.63) is 53.6 Å². The molecule has 0 bridgehead atoms. The van der Waals surface area contributed by atoms with Crippen molar-refractivity contribution in [1.29, 1.82) is 0 Å². The van der Waals surface area contributed by atoms with Gasteiger partial charge in [-0.3, -0.25) is 4.79 Å². The number of rotatable bonds is 3. The topological polar surface area (TPSA) is 17.1 Å². The Morgan fingerprint density at radius 1 is 1.12 bits per heavy atom. The number of carbonyl (C=O) groups excluding carboxylic acids is 1. The van der Waals surface area contributed by atoms with Gasteiger partial charge in [0.05, 0.1) is 0 Å². The number of hydrogen-bond acceptors (Lipinski definition) is 1. The van der Waals surface area contributed by atoms with E-state index in [2.05, 4.69) is 22.0 Å². The second-order valence-corrected chi connectivity index (χ2v) is 4.11.